The summed E-state index contributed by atoms with van der Waals surface area (Å²) in [5.41, 5.74) is 1.60. The number of benzene rings is 1. The maximum atomic E-state index is 11.2. The Labute approximate surface area is 91.2 Å². The van der Waals surface area contributed by atoms with Crippen LogP contribution in [0, 0.1) is 0 Å². The number of hydrogen-bond acceptors (Lipinski definition) is 4. The van der Waals surface area contributed by atoms with Gasteiger partial charge in [0.05, 0.1) is 5.02 Å². The molecule has 0 amide bonds. The number of aromatic nitrogens is 1. The molecule has 2 rings (SSSR count). The van der Waals surface area contributed by atoms with Gasteiger partial charge < -0.3 is 9.73 Å². The normalized spacial score (nSPS) is 10.6. The lowest BCUT2D eigenvalue weighted by Crippen LogP contribution is -1.91. The van der Waals surface area contributed by atoms with Crippen molar-refractivity contribution in [3.63, 3.8) is 0 Å². The highest BCUT2D eigenvalue weighted by Crippen LogP contribution is 2.27. The maximum Gasteiger partial charge on any atom is 0.295 e. The zero-order valence-electron chi connectivity index (χ0n) is 8.30. The summed E-state index contributed by atoms with van der Waals surface area (Å²) in [4.78, 5) is 15.3. The van der Waals surface area contributed by atoms with Crippen molar-refractivity contribution in [1.29, 1.82) is 0 Å². The molecule has 0 saturated heterocycles. The molecule has 2 aromatic rings. The highest BCUT2D eigenvalue weighted by molar-refractivity contribution is 6.35. The molecule has 78 valence electrons. The lowest BCUT2D eigenvalue weighted by molar-refractivity contribution is 0.101. The molecule has 0 aliphatic rings. The Morgan fingerprint density at radius 1 is 1.53 bits per heavy atom. The predicted octanol–water partition coefficient (Wildman–Crippen LogP) is 2.73. The Bertz CT molecular complexity index is 533. The van der Waals surface area contributed by atoms with Gasteiger partial charge in [-0.2, -0.15) is 4.98 Å². The van der Waals surface area contributed by atoms with Gasteiger partial charge in [-0.25, -0.2) is 0 Å². The monoisotopic (exact) mass is 224 g/mol. The van der Waals surface area contributed by atoms with Gasteiger partial charge in [0.1, 0.15) is 5.52 Å². The summed E-state index contributed by atoms with van der Waals surface area (Å²) < 4.78 is 5.32. The summed E-state index contributed by atoms with van der Waals surface area (Å²) in [6.45, 7) is 1.48. The Kier molecular flexibility index (Phi) is 2.36. The minimum Gasteiger partial charge on any atom is -0.422 e. The van der Waals surface area contributed by atoms with Crippen LogP contribution >= 0.6 is 11.6 Å². The molecule has 1 aromatic heterocycles. The number of Topliss-reactive ketones (excluding diaryl/α,β-unsaturated/α-hetero) is 1. The molecular weight excluding hydrogens is 216 g/mol. The highest BCUT2D eigenvalue weighted by Gasteiger charge is 2.11. The SMILES string of the molecule is CNc1nc2cc(C(C)=O)cc(Cl)c2o1. The van der Waals surface area contributed by atoms with Crippen molar-refractivity contribution in [3.05, 3.63) is 22.7 Å². The van der Waals surface area contributed by atoms with Crippen LogP contribution in [0.15, 0.2) is 16.5 Å². The lowest BCUT2D eigenvalue weighted by Gasteiger charge is -1.96. The zero-order valence-corrected chi connectivity index (χ0v) is 9.05. The Balaban J connectivity index is 2.70. The third-order valence-corrected chi connectivity index (χ3v) is 2.35. The van der Waals surface area contributed by atoms with E-state index < -0.39 is 0 Å². The highest BCUT2D eigenvalue weighted by atomic mass is 35.5. The van der Waals surface area contributed by atoms with Gasteiger partial charge in [0, 0.05) is 12.6 Å². The molecule has 1 heterocycles. The van der Waals surface area contributed by atoms with E-state index in [4.69, 9.17) is 16.0 Å². The van der Waals surface area contributed by atoms with Crippen LogP contribution in [0.4, 0.5) is 6.01 Å². The van der Waals surface area contributed by atoms with Crippen LogP contribution in [-0.2, 0) is 0 Å². The van der Waals surface area contributed by atoms with Crippen LogP contribution in [0.5, 0.6) is 0 Å². The fourth-order valence-electron chi connectivity index (χ4n) is 1.30. The average molecular weight is 225 g/mol. The van der Waals surface area contributed by atoms with Crippen molar-refractivity contribution < 1.29 is 9.21 Å². The molecule has 1 aromatic carbocycles. The quantitative estimate of drug-likeness (QED) is 0.797. The van der Waals surface area contributed by atoms with Crippen molar-refractivity contribution >= 4 is 34.5 Å². The fourth-order valence-corrected chi connectivity index (χ4v) is 1.56. The number of anilines is 1. The van der Waals surface area contributed by atoms with E-state index in [1.807, 2.05) is 0 Å². The van der Waals surface area contributed by atoms with Crippen molar-refractivity contribution in [2.75, 3.05) is 12.4 Å². The van der Waals surface area contributed by atoms with Gasteiger partial charge in [0.25, 0.3) is 6.01 Å². The topological polar surface area (TPSA) is 55.1 Å². The predicted molar refractivity (Wildman–Crippen MR) is 58.6 cm³/mol. The number of hydrogen-bond donors (Lipinski definition) is 1. The Morgan fingerprint density at radius 3 is 2.87 bits per heavy atom. The molecule has 0 saturated carbocycles. The van der Waals surface area contributed by atoms with E-state index in [2.05, 4.69) is 10.3 Å². The van der Waals surface area contributed by atoms with Crippen LogP contribution in [-0.4, -0.2) is 17.8 Å². The molecule has 0 aliphatic heterocycles. The largest absolute Gasteiger partial charge is 0.422 e. The number of nitrogens with zero attached hydrogens (tertiary/aromatic N) is 1. The molecule has 0 atom stereocenters. The number of carbonyl (C=O) groups is 1. The maximum absolute atomic E-state index is 11.2. The molecule has 0 unspecified atom stereocenters. The van der Waals surface area contributed by atoms with E-state index in [9.17, 15) is 4.79 Å². The lowest BCUT2D eigenvalue weighted by atomic mass is 10.1. The minimum absolute atomic E-state index is 0.0483. The van der Waals surface area contributed by atoms with Crippen molar-refractivity contribution in [1.82, 2.24) is 4.98 Å². The molecule has 0 aliphatic carbocycles. The van der Waals surface area contributed by atoms with Crippen LogP contribution in [0.25, 0.3) is 11.1 Å². The molecule has 15 heavy (non-hydrogen) atoms. The van der Waals surface area contributed by atoms with Gasteiger partial charge in [-0.3, -0.25) is 4.79 Å². The molecule has 0 bridgehead atoms. The number of oxazole rings is 1. The average Bonchev–Trinajstić information content (AvgIpc) is 2.61. The third-order valence-electron chi connectivity index (χ3n) is 2.07. The molecule has 0 spiro atoms. The second kappa shape index (κ2) is 3.55. The second-order valence-electron chi connectivity index (χ2n) is 3.13. The number of halogens is 1. The van der Waals surface area contributed by atoms with E-state index in [1.54, 1.807) is 19.2 Å². The van der Waals surface area contributed by atoms with Crippen molar-refractivity contribution in [2.24, 2.45) is 0 Å². The van der Waals surface area contributed by atoms with E-state index >= 15 is 0 Å². The van der Waals surface area contributed by atoms with E-state index in [0.29, 0.717) is 27.7 Å². The number of fused-ring (bicyclic) bond motifs is 1. The first-order chi connectivity index (χ1) is 7.11. The van der Waals surface area contributed by atoms with Gasteiger partial charge in [0.2, 0.25) is 0 Å². The first kappa shape index (κ1) is 9.98. The van der Waals surface area contributed by atoms with Gasteiger partial charge in [-0.1, -0.05) is 11.6 Å². The molecule has 0 radical (unpaired) electrons. The molecule has 5 heteroatoms. The molecule has 4 nitrogen and oxygen atoms in total. The van der Waals surface area contributed by atoms with Crippen LogP contribution in [0.1, 0.15) is 17.3 Å². The fraction of sp³-hybridized carbons (Fsp3) is 0.200. The summed E-state index contributed by atoms with van der Waals surface area (Å²) in [5.74, 6) is -0.0483. The molecular formula is C10H9ClN2O2. The summed E-state index contributed by atoms with van der Waals surface area (Å²) in [7, 11) is 1.70. The summed E-state index contributed by atoms with van der Waals surface area (Å²) in [6.07, 6.45) is 0. The van der Waals surface area contributed by atoms with E-state index in [0.717, 1.165) is 0 Å². The van der Waals surface area contributed by atoms with Gasteiger partial charge in [-0.15, -0.1) is 0 Å². The smallest absolute Gasteiger partial charge is 0.295 e. The zero-order chi connectivity index (χ0) is 11.0. The number of rotatable bonds is 2. The van der Waals surface area contributed by atoms with Gasteiger partial charge in [-0.05, 0) is 19.1 Å². The number of carbonyl (C=O) groups excluding carboxylic acids is 1. The van der Waals surface area contributed by atoms with Gasteiger partial charge in [0.15, 0.2) is 11.4 Å². The number of nitrogens with one attached hydrogen (secondary N) is 1. The standard InChI is InChI=1S/C10H9ClN2O2/c1-5(14)6-3-7(11)9-8(4-6)13-10(12-2)15-9/h3-4H,1-2H3,(H,12,13). The minimum atomic E-state index is -0.0483. The van der Waals surface area contributed by atoms with Crippen molar-refractivity contribution in [3.8, 4) is 0 Å². The second-order valence-corrected chi connectivity index (χ2v) is 3.54. The Morgan fingerprint density at radius 2 is 2.27 bits per heavy atom. The van der Waals surface area contributed by atoms with E-state index in [-0.39, 0.29) is 5.78 Å². The molecule has 1 N–H and O–H groups in total. The molecule has 0 fully saturated rings. The van der Waals surface area contributed by atoms with E-state index in [1.165, 1.54) is 6.92 Å². The number of ketones is 1. The van der Waals surface area contributed by atoms with Crippen LogP contribution < -0.4 is 5.32 Å². The third kappa shape index (κ3) is 1.68. The summed E-state index contributed by atoms with van der Waals surface area (Å²) >= 11 is 5.96. The summed E-state index contributed by atoms with van der Waals surface area (Å²) in [5, 5.41) is 3.17. The Hall–Kier alpha value is -1.55. The first-order valence-corrected chi connectivity index (χ1v) is 4.78. The van der Waals surface area contributed by atoms with Gasteiger partial charge >= 0.3 is 0 Å². The van der Waals surface area contributed by atoms with Crippen LogP contribution in [0.3, 0.4) is 0 Å². The summed E-state index contributed by atoms with van der Waals surface area (Å²) in [6, 6.07) is 3.62. The van der Waals surface area contributed by atoms with Crippen LogP contribution in [0.2, 0.25) is 5.02 Å². The first-order valence-electron chi connectivity index (χ1n) is 4.40. The van der Waals surface area contributed by atoms with Crippen molar-refractivity contribution in [2.45, 2.75) is 6.92 Å².